The first-order valence-corrected chi connectivity index (χ1v) is 11.9. The molecule has 5 heteroatoms. The zero-order chi connectivity index (χ0) is 23.6. The summed E-state index contributed by atoms with van der Waals surface area (Å²) in [5.74, 6) is -0.167. The predicted octanol–water partition coefficient (Wildman–Crippen LogP) is 5.58. The molecule has 1 aliphatic carbocycles. The van der Waals surface area contributed by atoms with Crippen molar-refractivity contribution in [1.29, 1.82) is 0 Å². The molecular formula is C27H39N3O2. The number of pyridine rings is 1. The van der Waals surface area contributed by atoms with Crippen molar-refractivity contribution in [2.45, 2.75) is 91.1 Å². The standard InChI is InChI=1S/C27H39N3O2/c1-6-9-10-13-23(21(5)8-3)25(31)29-22-12-11-16-27(19-22,15-7-2)30-26(32)24-18-20(4)14-17-28-24/h6,9-10,13-14,17-18,22H,7-8,11-12,15-16,19H2,1-5H3,(H,29,31)(H,30,32)/b9-6-,13-10-,23-21+. The molecule has 2 amide bonds. The maximum Gasteiger partial charge on any atom is 0.270 e. The molecule has 1 heterocycles. The van der Waals surface area contributed by atoms with Gasteiger partial charge in [-0.15, -0.1) is 0 Å². The van der Waals surface area contributed by atoms with Crippen LogP contribution in [-0.4, -0.2) is 28.4 Å². The minimum atomic E-state index is -0.322. The van der Waals surface area contributed by atoms with Crippen LogP contribution in [0.25, 0.3) is 0 Å². The maximum atomic E-state index is 13.1. The van der Waals surface area contributed by atoms with E-state index in [0.29, 0.717) is 5.69 Å². The first kappa shape index (κ1) is 25.6. The van der Waals surface area contributed by atoms with Crippen LogP contribution in [0.1, 0.15) is 88.7 Å². The number of rotatable bonds is 9. The van der Waals surface area contributed by atoms with E-state index in [9.17, 15) is 9.59 Å². The van der Waals surface area contributed by atoms with Crippen LogP contribution in [0.4, 0.5) is 0 Å². The summed E-state index contributed by atoms with van der Waals surface area (Å²) in [7, 11) is 0. The second kappa shape index (κ2) is 12.4. The molecule has 0 aromatic carbocycles. The van der Waals surface area contributed by atoms with Crippen molar-refractivity contribution in [1.82, 2.24) is 15.6 Å². The Kier molecular flexibility index (Phi) is 9.89. The summed E-state index contributed by atoms with van der Waals surface area (Å²) in [5.41, 5.74) is 2.94. The second-order valence-corrected chi connectivity index (χ2v) is 8.90. The summed E-state index contributed by atoms with van der Waals surface area (Å²) >= 11 is 0. The van der Waals surface area contributed by atoms with Crippen molar-refractivity contribution in [3.05, 3.63) is 65.0 Å². The number of carbonyl (C=O) groups is 2. The number of amides is 2. The number of nitrogens with zero attached hydrogens (tertiary/aromatic N) is 1. The van der Waals surface area contributed by atoms with Crippen LogP contribution in [0.2, 0.25) is 0 Å². The van der Waals surface area contributed by atoms with Gasteiger partial charge in [-0.05, 0) is 83.1 Å². The molecule has 0 bridgehead atoms. The Morgan fingerprint density at radius 2 is 2.06 bits per heavy atom. The normalized spacial score (nSPS) is 22.1. The summed E-state index contributed by atoms with van der Waals surface area (Å²) < 4.78 is 0. The molecule has 32 heavy (non-hydrogen) atoms. The van der Waals surface area contributed by atoms with Gasteiger partial charge in [0.2, 0.25) is 0 Å². The van der Waals surface area contributed by atoms with Crippen molar-refractivity contribution in [3.8, 4) is 0 Å². The van der Waals surface area contributed by atoms with E-state index in [4.69, 9.17) is 0 Å². The Labute approximate surface area is 193 Å². The summed E-state index contributed by atoms with van der Waals surface area (Å²) in [6, 6.07) is 3.74. The third kappa shape index (κ3) is 7.18. The summed E-state index contributed by atoms with van der Waals surface area (Å²) in [6.45, 7) is 10.1. The average Bonchev–Trinajstić information content (AvgIpc) is 2.76. The van der Waals surface area contributed by atoms with Crippen molar-refractivity contribution in [2.24, 2.45) is 0 Å². The van der Waals surface area contributed by atoms with Gasteiger partial charge >= 0.3 is 0 Å². The minimum Gasteiger partial charge on any atom is -0.349 e. The highest BCUT2D eigenvalue weighted by Crippen LogP contribution is 2.33. The van der Waals surface area contributed by atoms with Gasteiger partial charge in [-0.1, -0.05) is 44.1 Å². The van der Waals surface area contributed by atoms with Gasteiger partial charge in [0.15, 0.2) is 0 Å². The number of nitrogens with one attached hydrogen (secondary N) is 2. The molecule has 1 aliphatic rings. The number of aromatic nitrogens is 1. The first-order valence-electron chi connectivity index (χ1n) is 11.9. The van der Waals surface area contributed by atoms with Crippen LogP contribution >= 0.6 is 0 Å². The van der Waals surface area contributed by atoms with Gasteiger partial charge in [0, 0.05) is 23.4 Å². The van der Waals surface area contributed by atoms with Crippen molar-refractivity contribution in [2.75, 3.05) is 0 Å². The fraction of sp³-hybridized carbons (Fsp3) is 0.519. The first-order chi connectivity index (χ1) is 15.3. The lowest BCUT2D eigenvalue weighted by Gasteiger charge is -2.42. The zero-order valence-corrected chi connectivity index (χ0v) is 20.3. The van der Waals surface area contributed by atoms with Gasteiger partial charge in [0.25, 0.3) is 11.8 Å². The fourth-order valence-corrected chi connectivity index (χ4v) is 4.46. The molecule has 2 rings (SSSR count). The molecule has 1 saturated carbocycles. The van der Waals surface area contributed by atoms with Crippen molar-refractivity contribution in [3.63, 3.8) is 0 Å². The molecule has 0 saturated heterocycles. The van der Waals surface area contributed by atoms with Crippen molar-refractivity contribution >= 4 is 11.8 Å². The van der Waals surface area contributed by atoms with E-state index in [0.717, 1.165) is 61.7 Å². The van der Waals surface area contributed by atoms with E-state index in [1.807, 2.05) is 57.2 Å². The van der Waals surface area contributed by atoms with Gasteiger partial charge < -0.3 is 10.6 Å². The van der Waals surface area contributed by atoms with Crippen LogP contribution in [0, 0.1) is 6.92 Å². The van der Waals surface area contributed by atoms with E-state index in [2.05, 4.69) is 29.5 Å². The smallest absolute Gasteiger partial charge is 0.270 e. The molecule has 0 radical (unpaired) electrons. The highest BCUT2D eigenvalue weighted by molar-refractivity contribution is 5.97. The molecule has 1 fully saturated rings. The van der Waals surface area contributed by atoms with E-state index in [1.165, 1.54) is 0 Å². The molecule has 174 valence electrons. The SMILES string of the molecule is C\C=C/C=C\C(C(=O)NC1CCCC(CCC)(NC(=O)c2cc(C)ccn2)C1)=C(\C)CC. The molecule has 1 aromatic heterocycles. The maximum absolute atomic E-state index is 13.1. The van der Waals surface area contributed by atoms with Gasteiger partial charge in [0.1, 0.15) is 5.69 Å². The van der Waals surface area contributed by atoms with Crippen LogP contribution in [0.3, 0.4) is 0 Å². The Hall–Kier alpha value is -2.69. The zero-order valence-electron chi connectivity index (χ0n) is 20.3. The Morgan fingerprint density at radius 1 is 1.28 bits per heavy atom. The van der Waals surface area contributed by atoms with Crippen LogP contribution in [0.15, 0.2) is 53.8 Å². The number of carbonyl (C=O) groups excluding carboxylic acids is 2. The summed E-state index contributed by atoms with van der Waals surface area (Å²) in [5, 5.41) is 6.55. The summed E-state index contributed by atoms with van der Waals surface area (Å²) in [4.78, 5) is 30.3. The Balaban J connectivity index is 2.17. The monoisotopic (exact) mass is 437 g/mol. The lowest BCUT2D eigenvalue weighted by molar-refractivity contribution is -0.118. The third-order valence-corrected chi connectivity index (χ3v) is 6.24. The lowest BCUT2D eigenvalue weighted by atomic mass is 9.76. The third-order valence-electron chi connectivity index (χ3n) is 6.24. The molecule has 2 N–H and O–H groups in total. The fourth-order valence-electron chi connectivity index (χ4n) is 4.46. The highest BCUT2D eigenvalue weighted by atomic mass is 16.2. The van der Waals surface area contributed by atoms with E-state index < -0.39 is 0 Å². The summed E-state index contributed by atoms with van der Waals surface area (Å²) in [6.07, 6.45) is 15.6. The molecule has 5 nitrogen and oxygen atoms in total. The number of aryl methyl sites for hydroxylation is 1. The van der Waals surface area contributed by atoms with Crippen molar-refractivity contribution < 1.29 is 9.59 Å². The number of allylic oxidation sites excluding steroid dienone is 4. The quantitative estimate of drug-likeness (QED) is 0.391. The van der Waals surface area contributed by atoms with Gasteiger partial charge in [-0.25, -0.2) is 0 Å². The molecule has 0 aliphatic heterocycles. The average molecular weight is 438 g/mol. The van der Waals surface area contributed by atoms with Crippen LogP contribution in [-0.2, 0) is 4.79 Å². The predicted molar refractivity (Wildman–Crippen MR) is 131 cm³/mol. The van der Waals surface area contributed by atoms with E-state index in [1.54, 1.807) is 6.20 Å². The molecule has 2 atom stereocenters. The van der Waals surface area contributed by atoms with Gasteiger partial charge in [0.05, 0.1) is 0 Å². The lowest BCUT2D eigenvalue weighted by Crippen LogP contribution is -2.55. The Bertz CT molecular complexity index is 881. The van der Waals surface area contributed by atoms with E-state index >= 15 is 0 Å². The van der Waals surface area contributed by atoms with Gasteiger partial charge in [-0.2, -0.15) is 0 Å². The second-order valence-electron chi connectivity index (χ2n) is 8.90. The van der Waals surface area contributed by atoms with Crippen LogP contribution < -0.4 is 10.6 Å². The number of hydrogen-bond acceptors (Lipinski definition) is 3. The minimum absolute atomic E-state index is 0.0309. The van der Waals surface area contributed by atoms with Gasteiger partial charge in [-0.3, -0.25) is 14.6 Å². The topological polar surface area (TPSA) is 71.1 Å². The number of hydrogen-bond donors (Lipinski definition) is 2. The molecule has 0 spiro atoms. The largest absolute Gasteiger partial charge is 0.349 e. The highest BCUT2D eigenvalue weighted by Gasteiger charge is 2.38. The molecule has 1 aromatic rings. The molecule has 2 unspecified atom stereocenters. The molecular weight excluding hydrogens is 398 g/mol. The Morgan fingerprint density at radius 3 is 2.72 bits per heavy atom. The van der Waals surface area contributed by atoms with E-state index in [-0.39, 0.29) is 23.4 Å². The van der Waals surface area contributed by atoms with Crippen LogP contribution in [0.5, 0.6) is 0 Å².